The Labute approximate surface area is 194 Å². The molecule has 0 radical (unpaired) electrons. The molecule has 3 aromatic rings. The summed E-state index contributed by atoms with van der Waals surface area (Å²) in [6, 6.07) is 27.7. The van der Waals surface area contributed by atoms with Crippen LogP contribution in [0, 0.1) is 0 Å². The molecule has 3 atom stereocenters. The Morgan fingerprint density at radius 2 is 1.21 bits per heavy atom. The first-order valence-corrected chi connectivity index (χ1v) is 10.8. The SMILES string of the molecule is COC(C(=O)N[C@H](COC(=O)C(OC)c1ccccc1)Cc1ccccc1)c1ccccc1. The monoisotopic (exact) mass is 447 g/mol. The zero-order chi connectivity index (χ0) is 23.5. The van der Waals surface area contributed by atoms with E-state index in [1.807, 2.05) is 91.0 Å². The van der Waals surface area contributed by atoms with Crippen molar-refractivity contribution in [1.82, 2.24) is 5.32 Å². The van der Waals surface area contributed by atoms with Crippen molar-refractivity contribution in [2.75, 3.05) is 20.8 Å². The minimum Gasteiger partial charge on any atom is -0.461 e. The van der Waals surface area contributed by atoms with Gasteiger partial charge in [0, 0.05) is 14.2 Å². The van der Waals surface area contributed by atoms with E-state index in [9.17, 15) is 9.59 Å². The van der Waals surface area contributed by atoms with Crippen LogP contribution in [0.4, 0.5) is 0 Å². The topological polar surface area (TPSA) is 73.9 Å². The van der Waals surface area contributed by atoms with Gasteiger partial charge in [0.1, 0.15) is 6.61 Å². The van der Waals surface area contributed by atoms with E-state index in [2.05, 4.69) is 5.32 Å². The molecule has 1 amide bonds. The van der Waals surface area contributed by atoms with Gasteiger partial charge in [-0.1, -0.05) is 91.0 Å². The number of carbonyl (C=O) groups excluding carboxylic acids is 2. The summed E-state index contributed by atoms with van der Waals surface area (Å²) in [5.41, 5.74) is 2.47. The molecule has 172 valence electrons. The Hall–Kier alpha value is -3.48. The molecule has 3 aromatic carbocycles. The molecule has 3 rings (SSSR count). The molecule has 0 aliphatic carbocycles. The zero-order valence-corrected chi connectivity index (χ0v) is 18.8. The van der Waals surface area contributed by atoms with Gasteiger partial charge >= 0.3 is 5.97 Å². The lowest BCUT2D eigenvalue weighted by molar-refractivity contribution is -0.157. The molecular formula is C27H29NO5. The molecule has 0 aliphatic rings. The van der Waals surface area contributed by atoms with Crippen molar-refractivity contribution in [3.8, 4) is 0 Å². The van der Waals surface area contributed by atoms with E-state index in [-0.39, 0.29) is 12.5 Å². The Bertz CT molecular complexity index is 995. The smallest absolute Gasteiger partial charge is 0.339 e. The molecule has 0 heterocycles. The van der Waals surface area contributed by atoms with Crippen LogP contribution in [0.2, 0.25) is 0 Å². The standard InChI is InChI=1S/C27H29NO5/c1-31-24(21-14-8-4-9-15-21)26(29)28-23(18-20-12-6-3-7-13-20)19-33-27(30)25(32-2)22-16-10-5-11-17-22/h3-17,23-25H,18-19H2,1-2H3,(H,28,29)/t23-,24?,25?/m0/s1. The summed E-state index contributed by atoms with van der Waals surface area (Å²) in [7, 11) is 2.96. The number of nitrogens with one attached hydrogen (secondary N) is 1. The second-order valence-electron chi connectivity index (χ2n) is 7.58. The maximum Gasteiger partial charge on any atom is 0.339 e. The number of hydrogen-bond donors (Lipinski definition) is 1. The van der Waals surface area contributed by atoms with E-state index in [1.165, 1.54) is 14.2 Å². The first-order chi connectivity index (χ1) is 16.1. The van der Waals surface area contributed by atoms with Crippen molar-refractivity contribution in [3.05, 3.63) is 108 Å². The third-order valence-electron chi connectivity index (χ3n) is 5.23. The fraction of sp³-hybridized carbons (Fsp3) is 0.259. The minimum absolute atomic E-state index is 0.00259. The van der Waals surface area contributed by atoms with E-state index in [0.717, 1.165) is 11.1 Å². The van der Waals surface area contributed by atoms with Crippen LogP contribution in [-0.4, -0.2) is 38.7 Å². The molecule has 0 spiro atoms. The van der Waals surface area contributed by atoms with Crippen molar-refractivity contribution in [2.24, 2.45) is 0 Å². The molecule has 0 aliphatic heterocycles. The van der Waals surface area contributed by atoms with Crippen molar-refractivity contribution in [1.29, 1.82) is 0 Å². The van der Waals surface area contributed by atoms with E-state index in [1.54, 1.807) is 0 Å². The predicted molar refractivity (Wildman–Crippen MR) is 125 cm³/mol. The molecule has 0 saturated heterocycles. The van der Waals surface area contributed by atoms with Crippen molar-refractivity contribution in [2.45, 2.75) is 24.7 Å². The van der Waals surface area contributed by atoms with Crippen LogP contribution >= 0.6 is 0 Å². The number of hydrogen-bond acceptors (Lipinski definition) is 5. The molecule has 6 nitrogen and oxygen atoms in total. The fourth-order valence-corrected chi connectivity index (χ4v) is 3.60. The largest absolute Gasteiger partial charge is 0.461 e. The molecule has 2 unspecified atom stereocenters. The lowest BCUT2D eigenvalue weighted by atomic mass is 10.0. The van der Waals surface area contributed by atoms with Crippen LogP contribution in [0.5, 0.6) is 0 Å². The summed E-state index contributed by atoms with van der Waals surface area (Å²) >= 11 is 0. The number of esters is 1. The van der Waals surface area contributed by atoms with Crippen molar-refractivity contribution < 1.29 is 23.8 Å². The van der Waals surface area contributed by atoms with Gasteiger partial charge in [-0.05, 0) is 23.1 Å². The molecule has 0 saturated carbocycles. The predicted octanol–water partition coefficient (Wildman–Crippen LogP) is 4.03. The van der Waals surface area contributed by atoms with Gasteiger partial charge in [0.2, 0.25) is 0 Å². The van der Waals surface area contributed by atoms with E-state index < -0.39 is 24.2 Å². The Morgan fingerprint density at radius 1 is 0.727 bits per heavy atom. The van der Waals surface area contributed by atoms with Gasteiger partial charge in [0.25, 0.3) is 5.91 Å². The third-order valence-corrected chi connectivity index (χ3v) is 5.23. The molecule has 0 bridgehead atoms. The zero-order valence-electron chi connectivity index (χ0n) is 18.8. The van der Waals surface area contributed by atoms with Crippen LogP contribution in [0.15, 0.2) is 91.0 Å². The second-order valence-corrected chi connectivity index (χ2v) is 7.58. The maximum atomic E-state index is 13.0. The van der Waals surface area contributed by atoms with Gasteiger partial charge in [0.05, 0.1) is 6.04 Å². The van der Waals surface area contributed by atoms with Crippen LogP contribution < -0.4 is 5.32 Å². The summed E-state index contributed by atoms with van der Waals surface area (Å²) in [5, 5.41) is 2.99. The quantitative estimate of drug-likeness (QED) is 0.449. The normalized spacial score (nSPS) is 13.5. The van der Waals surface area contributed by atoms with E-state index in [0.29, 0.717) is 12.0 Å². The summed E-state index contributed by atoms with van der Waals surface area (Å²) in [6.45, 7) is -0.00259. The van der Waals surface area contributed by atoms with Crippen LogP contribution in [0.3, 0.4) is 0 Å². The fourth-order valence-electron chi connectivity index (χ4n) is 3.60. The highest BCUT2D eigenvalue weighted by atomic mass is 16.6. The first-order valence-electron chi connectivity index (χ1n) is 10.8. The number of carbonyl (C=O) groups is 2. The average molecular weight is 448 g/mol. The third kappa shape index (κ3) is 7.00. The van der Waals surface area contributed by atoms with Gasteiger partial charge in [-0.25, -0.2) is 4.79 Å². The summed E-state index contributed by atoms with van der Waals surface area (Å²) in [5.74, 6) is -0.811. The van der Waals surface area contributed by atoms with Gasteiger partial charge < -0.3 is 19.5 Å². The van der Waals surface area contributed by atoms with Gasteiger partial charge in [-0.15, -0.1) is 0 Å². The lowest BCUT2D eigenvalue weighted by Gasteiger charge is -2.23. The summed E-state index contributed by atoms with van der Waals surface area (Å²) in [4.78, 5) is 25.8. The average Bonchev–Trinajstić information content (AvgIpc) is 2.85. The number of rotatable bonds is 11. The molecule has 1 N–H and O–H groups in total. The first kappa shape index (κ1) is 24.2. The molecule has 0 aromatic heterocycles. The highest BCUT2D eigenvalue weighted by Crippen LogP contribution is 2.19. The van der Waals surface area contributed by atoms with Crippen LogP contribution in [0.1, 0.15) is 28.9 Å². The highest BCUT2D eigenvalue weighted by Gasteiger charge is 2.26. The molecule has 33 heavy (non-hydrogen) atoms. The van der Waals surface area contributed by atoms with Crippen LogP contribution in [0.25, 0.3) is 0 Å². The van der Waals surface area contributed by atoms with Crippen molar-refractivity contribution in [3.63, 3.8) is 0 Å². The Balaban J connectivity index is 1.71. The Morgan fingerprint density at radius 3 is 1.73 bits per heavy atom. The summed E-state index contributed by atoms with van der Waals surface area (Å²) in [6.07, 6.45) is -1.11. The van der Waals surface area contributed by atoms with Crippen molar-refractivity contribution >= 4 is 11.9 Å². The number of benzene rings is 3. The Kier molecular flexibility index (Phi) is 9.18. The number of amides is 1. The number of methoxy groups -OCH3 is 2. The highest BCUT2D eigenvalue weighted by molar-refractivity contribution is 5.82. The molecule has 0 fully saturated rings. The summed E-state index contributed by atoms with van der Waals surface area (Å²) < 4.78 is 16.4. The van der Waals surface area contributed by atoms with E-state index in [4.69, 9.17) is 14.2 Å². The molecule has 6 heteroatoms. The van der Waals surface area contributed by atoms with E-state index >= 15 is 0 Å². The lowest BCUT2D eigenvalue weighted by Crippen LogP contribution is -2.43. The minimum atomic E-state index is -0.838. The number of ether oxygens (including phenoxy) is 3. The maximum absolute atomic E-state index is 13.0. The van der Waals surface area contributed by atoms with Crippen LogP contribution in [-0.2, 0) is 30.2 Å². The molecular weight excluding hydrogens is 418 g/mol. The van der Waals surface area contributed by atoms with Gasteiger partial charge in [0.15, 0.2) is 12.2 Å². The van der Waals surface area contributed by atoms with Gasteiger partial charge in [-0.3, -0.25) is 4.79 Å². The van der Waals surface area contributed by atoms with Gasteiger partial charge in [-0.2, -0.15) is 0 Å². The second kappa shape index (κ2) is 12.5.